The van der Waals surface area contributed by atoms with Crippen LogP contribution in [0.4, 0.5) is 0 Å². The summed E-state index contributed by atoms with van der Waals surface area (Å²) in [5.74, 6) is -0.435. The Bertz CT molecular complexity index is 1030. The minimum absolute atomic E-state index is 0.262. The molecule has 0 unspecified atom stereocenters. The van der Waals surface area contributed by atoms with Crippen molar-refractivity contribution in [3.05, 3.63) is 111 Å². The van der Waals surface area contributed by atoms with Gasteiger partial charge in [-0.15, -0.1) is 0 Å². The molecule has 1 heterocycles. The Morgan fingerprint density at radius 3 is 2.34 bits per heavy atom. The standard InChI is InChI=1S/C23H20ClNO4/c1-15-19(16-9-11-18(24)12-10-16)14-23(26,17-6-3-2-4-7-17)22(25(27)28)21(15)20-8-5-13-29-20/h2-15,21-22,26H,1H3/t15-,21+,22+,23+/m0/s1. The van der Waals surface area contributed by atoms with E-state index in [2.05, 4.69) is 0 Å². The van der Waals surface area contributed by atoms with Gasteiger partial charge in [-0.2, -0.15) is 0 Å². The molecule has 29 heavy (non-hydrogen) atoms. The molecule has 5 nitrogen and oxygen atoms in total. The SMILES string of the molecule is C[C@H]1C(c2ccc(Cl)cc2)=C[C@@](O)(c2ccccc2)[C@H]([N+](=O)[O-])[C@H]1c1ccco1. The lowest BCUT2D eigenvalue weighted by Crippen LogP contribution is -2.51. The van der Waals surface area contributed by atoms with Crippen LogP contribution in [0.15, 0.2) is 83.5 Å². The molecule has 6 heteroatoms. The quantitative estimate of drug-likeness (QED) is 0.469. The first-order chi connectivity index (χ1) is 13.9. The first-order valence-electron chi connectivity index (χ1n) is 9.35. The van der Waals surface area contributed by atoms with Gasteiger partial charge in [0.15, 0.2) is 5.60 Å². The third-order valence-electron chi connectivity index (χ3n) is 5.71. The molecule has 1 N–H and O–H groups in total. The smallest absolute Gasteiger partial charge is 0.259 e. The second kappa shape index (κ2) is 7.50. The lowest BCUT2D eigenvalue weighted by Gasteiger charge is -2.40. The molecular weight excluding hydrogens is 390 g/mol. The number of aliphatic hydroxyl groups is 1. The maximum Gasteiger partial charge on any atom is 0.259 e. The van der Waals surface area contributed by atoms with Gasteiger partial charge in [0.25, 0.3) is 6.04 Å². The molecule has 0 radical (unpaired) electrons. The van der Waals surface area contributed by atoms with Gasteiger partial charge in [-0.25, -0.2) is 0 Å². The largest absolute Gasteiger partial charge is 0.469 e. The van der Waals surface area contributed by atoms with Crippen molar-refractivity contribution < 1.29 is 14.4 Å². The average Bonchev–Trinajstić information content (AvgIpc) is 3.25. The highest BCUT2D eigenvalue weighted by Gasteiger charge is 2.57. The number of hydrogen-bond acceptors (Lipinski definition) is 4. The fourth-order valence-electron chi connectivity index (χ4n) is 4.32. The van der Waals surface area contributed by atoms with E-state index < -0.39 is 22.5 Å². The summed E-state index contributed by atoms with van der Waals surface area (Å²) in [4.78, 5) is 11.8. The number of allylic oxidation sites excluding steroid dienone is 1. The van der Waals surface area contributed by atoms with Crippen LogP contribution in [0.1, 0.15) is 29.7 Å². The van der Waals surface area contributed by atoms with Crippen LogP contribution in [0.3, 0.4) is 0 Å². The van der Waals surface area contributed by atoms with E-state index in [4.69, 9.17) is 16.0 Å². The van der Waals surface area contributed by atoms with Crippen molar-refractivity contribution in [1.29, 1.82) is 0 Å². The van der Waals surface area contributed by atoms with Gasteiger partial charge in [0.2, 0.25) is 0 Å². The maximum absolute atomic E-state index is 12.2. The van der Waals surface area contributed by atoms with Crippen molar-refractivity contribution in [3.63, 3.8) is 0 Å². The van der Waals surface area contributed by atoms with Crippen molar-refractivity contribution in [3.8, 4) is 0 Å². The van der Waals surface area contributed by atoms with Crippen LogP contribution in [0, 0.1) is 16.0 Å². The normalized spacial score (nSPS) is 26.7. The van der Waals surface area contributed by atoms with Crippen LogP contribution < -0.4 is 0 Å². The molecule has 1 aromatic heterocycles. The molecular formula is C23H20ClNO4. The van der Waals surface area contributed by atoms with E-state index >= 15 is 0 Å². The second-order valence-electron chi connectivity index (χ2n) is 7.36. The Labute approximate surface area is 173 Å². The Morgan fingerprint density at radius 1 is 1.07 bits per heavy atom. The van der Waals surface area contributed by atoms with Gasteiger partial charge < -0.3 is 9.52 Å². The topological polar surface area (TPSA) is 76.5 Å². The predicted octanol–water partition coefficient (Wildman–Crippen LogP) is 5.28. The van der Waals surface area contributed by atoms with Gasteiger partial charge in [-0.05, 0) is 53.0 Å². The van der Waals surface area contributed by atoms with E-state index in [1.54, 1.807) is 54.6 Å². The Hall–Kier alpha value is -2.89. The van der Waals surface area contributed by atoms with Crippen LogP contribution in [-0.2, 0) is 5.60 Å². The van der Waals surface area contributed by atoms with Gasteiger partial charge in [0, 0.05) is 9.95 Å². The number of furan rings is 1. The van der Waals surface area contributed by atoms with E-state index in [0.29, 0.717) is 16.3 Å². The zero-order valence-corrected chi connectivity index (χ0v) is 16.5. The lowest BCUT2D eigenvalue weighted by molar-refractivity contribution is -0.551. The summed E-state index contributed by atoms with van der Waals surface area (Å²) >= 11 is 6.04. The van der Waals surface area contributed by atoms with Crippen molar-refractivity contribution in [2.24, 2.45) is 5.92 Å². The van der Waals surface area contributed by atoms with Crippen molar-refractivity contribution in [2.75, 3.05) is 0 Å². The summed E-state index contributed by atoms with van der Waals surface area (Å²) in [6, 6.07) is 18.2. The molecule has 148 valence electrons. The molecule has 4 rings (SSSR count). The zero-order chi connectivity index (χ0) is 20.6. The first kappa shape index (κ1) is 19.4. The Morgan fingerprint density at radius 2 is 1.76 bits per heavy atom. The number of nitro groups is 1. The molecule has 2 aromatic carbocycles. The number of nitrogens with zero attached hydrogens (tertiary/aromatic N) is 1. The lowest BCUT2D eigenvalue weighted by atomic mass is 9.65. The number of hydrogen-bond donors (Lipinski definition) is 1. The molecule has 0 saturated heterocycles. The second-order valence-corrected chi connectivity index (χ2v) is 7.79. The van der Waals surface area contributed by atoms with E-state index in [0.717, 1.165) is 11.1 Å². The van der Waals surface area contributed by atoms with E-state index in [9.17, 15) is 15.2 Å². The number of halogens is 1. The summed E-state index contributed by atoms with van der Waals surface area (Å²) in [6.07, 6.45) is 3.13. The summed E-state index contributed by atoms with van der Waals surface area (Å²) in [6.45, 7) is 1.93. The predicted molar refractivity (Wildman–Crippen MR) is 111 cm³/mol. The third-order valence-corrected chi connectivity index (χ3v) is 5.96. The fraction of sp³-hybridized carbons (Fsp3) is 0.217. The number of benzene rings is 2. The highest BCUT2D eigenvalue weighted by Crippen LogP contribution is 2.50. The molecule has 0 spiro atoms. The first-order valence-corrected chi connectivity index (χ1v) is 9.73. The molecule has 3 aromatic rings. The molecule has 0 saturated carbocycles. The minimum atomic E-state index is -1.80. The molecule has 4 atom stereocenters. The monoisotopic (exact) mass is 409 g/mol. The van der Waals surface area contributed by atoms with Crippen LogP contribution in [-0.4, -0.2) is 16.1 Å². The van der Waals surface area contributed by atoms with Crippen LogP contribution in [0.5, 0.6) is 0 Å². The third kappa shape index (κ3) is 3.37. The van der Waals surface area contributed by atoms with Gasteiger partial charge in [-0.3, -0.25) is 10.1 Å². The van der Waals surface area contributed by atoms with Crippen molar-refractivity contribution >= 4 is 17.2 Å². The zero-order valence-electron chi connectivity index (χ0n) is 15.7. The highest BCUT2D eigenvalue weighted by molar-refractivity contribution is 6.30. The molecule has 0 aliphatic heterocycles. The van der Waals surface area contributed by atoms with Crippen LogP contribution in [0.25, 0.3) is 5.57 Å². The van der Waals surface area contributed by atoms with E-state index in [1.807, 2.05) is 25.1 Å². The molecule has 0 amide bonds. The Kier molecular flexibility index (Phi) is 5.03. The molecule has 0 fully saturated rings. The van der Waals surface area contributed by atoms with Gasteiger partial charge in [0.05, 0.1) is 12.2 Å². The van der Waals surface area contributed by atoms with Gasteiger partial charge in [0.1, 0.15) is 5.76 Å². The molecule has 1 aliphatic carbocycles. The maximum atomic E-state index is 12.2. The van der Waals surface area contributed by atoms with Crippen molar-refractivity contribution in [2.45, 2.75) is 24.5 Å². The average molecular weight is 410 g/mol. The summed E-state index contributed by atoms with van der Waals surface area (Å²) in [7, 11) is 0. The minimum Gasteiger partial charge on any atom is -0.469 e. The van der Waals surface area contributed by atoms with Gasteiger partial charge in [-0.1, -0.05) is 61.0 Å². The highest BCUT2D eigenvalue weighted by atomic mass is 35.5. The number of rotatable bonds is 4. The molecule has 0 bridgehead atoms. The summed E-state index contributed by atoms with van der Waals surface area (Å²) < 4.78 is 5.59. The Balaban J connectivity index is 1.97. The van der Waals surface area contributed by atoms with Crippen LogP contribution >= 0.6 is 11.6 Å². The van der Waals surface area contributed by atoms with Crippen LogP contribution in [0.2, 0.25) is 5.02 Å². The summed E-state index contributed by atoms with van der Waals surface area (Å²) in [5, 5.41) is 24.6. The van der Waals surface area contributed by atoms with E-state index in [-0.39, 0.29) is 5.92 Å². The van der Waals surface area contributed by atoms with Crippen molar-refractivity contribution in [1.82, 2.24) is 0 Å². The summed E-state index contributed by atoms with van der Waals surface area (Å²) in [5.41, 5.74) is 0.336. The van der Waals surface area contributed by atoms with E-state index in [1.165, 1.54) is 6.26 Å². The van der Waals surface area contributed by atoms with Gasteiger partial charge >= 0.3 is 0 Å². The fourth-order valence-corrected chi connectivity index (χ4v) is 4.44. The molecule has 1 aliphatic rings.